The molecule has 1 amide bonds. The maximum Gasteiger partial charge on any atom is 0.391 e. The molecule has 0 aliphatic carbocycles. The van der Waals surface area contributed by atoms with E-state index in [4.69, 9.17) is 16.0 Å². The molecule has 2 aromatic heterocycles. The number of carbonyl (C=O) groups excluding carboxylic acids is 1. The van der Waals surface area contributed by atoms with Gasteiger partial charge in [0.2, 0.25) is 0 Å². The number of hydrogen-bond donors (Lipinski definition) is 1. The van der Waals surface area contributed by atoms with Crippen molar-refractivity contribution in [3.8, 4) is 6.08 Å². The summed E-state index contributed by atoms with van der Waals surface area (Å²) in [6.45, 7) is 0.210. The van der Waals surface area contributed by atoms with Gasteiger partial charge in [0, 0.05) is 19.0 Å². The van der Waals surface area contributed by atoms with E-state index in [9.17, 15) is 9.90 Å². The Labute approximate surface area is 148 Å². The molecule has 1 aromatic carbocycles. The standard InChI is InChI=1S/C17H15ClN4O3/c1-21-15(13(18)8-20-21)6-14-11-4-2-3-5-12(11)16(23)22(14)9-10-7-19-17(24)25-10/h2-5,7-8,14H,6,9H2,1H3,(H,19,24). The molecule has 3 aromatic rings. The van der Waals surface area contributed by atoms with Crippen molar-refractivity contribution in [3.05, 3.63) is 64.3 Å². The van der Waals surface area contributed by atoms with Crippen LogP contribution in [0.4, 0.5) is 0 Å². The lowest BCUT2D eigenvalue weighted by atomic mass is 10.0. The van der Waals surface area contributed by atoms with Gasteiger partial charge >= 0.3 is 6.08 Å². The minimum atomic E-state index is -0.412. The lowest BCUT2D eigenvalue weighted by Crippen LogP contribution is -2.29. The van der Waals surface area contributed by atoms with Crippen molar-refractivity contribution in [1.82, 2.24) is 19.7 Å². The van der Waals surface area contributed by atoms with Crippen LogP contribution in [-0.2, 0) is 20.0 Å². The number of nitrogens with zero attached hydrogens (tertiary/aromatic N) is 4. The zero-order valence-electron chi connectivity index (χ0n) is 13.4. The van der Waals surface area contributed by atoms with E-state index in [1.54, 1.807) is 15.8 Å². The second kappa shape index (κ2) is 5.93. The quantitative estimate of drug-likeness (QED) is 0.775. The highest BCUT2D eigenvalue weighted by atomic mass is 35.5. The van der Waals surface area contributed by atoms with Gasteiger partial charge in [-0.2, -0.15) is 10.1 Å². The predicted molar refractivity (Wildman–Crippen MR) is 89.1 cm³/mol. The van der Waals surface area contributed by atoms with Gasteiger partial charge in [0.15, 0.2) is 0 Å². The molecular formula is C17H15ClN4O3. The maximum atomic E-state index is 12.9. The van der Waals surface area contributed by atoms with E-state index < -0.39 is 6.08 Å². The molecule has 1 aliphatic rings. The van der Waals surface area contributed by atoms with E-state index in [0.717, 1.165) is 11.3 Å². The van der Waals surface area contributed by atoms with Gasteiger partial charge < -0.3 is 14.4 Å². The Morgan fingerprint density at radius 1 is 1.32 bits per heavy atom. The van der Waals surface area contributed by atoms with Crippen molar-refractivity contribution >= 4 is 17.5 Å². The summed E-state index contributed by atoms with van der Waals surface area (Å²) >= 11 is 6.25. The Hall–Kier alpha value is -2.80. The molecule has 0 saturated carbocycles. The molecule has 0 radical (unpaired) electrons. The Morgan fingerprint density at radius 2 is 2.12 bits per heavy atom. The summed E-state index contributed by atoms with van der Waals surface area (Å²) < 4.78 is 6.85. The van der Waals surface area contributed by atoms with Crippen molar-refractivity contribution in [1.29, 1.82) is 0 Å². The molecule has 3 heterocycles. The number of carbonyl (C=O) groups is 1. The Kier molecular flexibility index (Phi) is 3.73. The second-order valence-corrected chi connectivity index (χ2v) is 6.32. The molecule has 1 atom stereocenters. The molecule has 25 heavy (non-hydrogen) atoms. The SMILES string of the molecule is Cn1ncc(Cl)c1CC1c2ccccc2C(=O)N1Cc1cnc(O)o1. The van der Waals surface area contributed by atoms with Crippen molar-refractivity contribution in [3.63, 3.8) is 0 Å². The van der Waals surface area contributed by atoms with E-state index in [-0.39, 0.29) is 18.5 Å². The van der Waals surface area contributed by atoms with Crippen molar-refractivity contribution in [2.75, 3.05) is 0 Å². The van der Waals surface area contributed by atoms with Crippen LogP contribution in [0.15, 0.2) is 41.1 Å². The fourth-order valence-corrected chi connectivity index (χ4v) is 3.48. The van der Waals surface area contributed by atoms with Gasteiger partial charge in [0.05, 0.1) is 35.7 Å². The number of aryl methyl sites for hydroxylation is 1. The first-order chi connectivity index (χ1) is 12.0. The fourth-order valence-electron chi connectivity index (χ4n) is 3.24. The van der Waals surface area contributed by atoms with Crippen molar-refractivity contribution in [2.24, 2.45) is 7.05 Å². The molecular weight excluding hydrogens is 344 g/mol. The van der Waals surface area contributed by atoms with Gasteiger partial charge in [-0.1, -0.05) is 29.8 Å². The molecule has 0 saturated heterocycles. The number of hydrogen-bond acceptors (Lipinski definition) is 5. The normalized spacial score (nSPS) is 16.5. The molecule has 1 aliphatic heterocycles. The van der Waals surface area contributed by atoms with Gasteiger partial charge in [0.1, 0.15) is 5.76 Å². The molecule has 4 rings (SSSR count). The van der Waals surface area contributed by atoms with Gasteiger partial charge in [-0.15, -0.1) is 0 Å². The molecule has 1 unspecified atom stereocenters. The third-order valence-corrected chi connectivity index (χ3v) is 4.77. The van der Waals surface area contributed by atoms with Gasteiger partial charge in [-0.05, 0) is 11.6 Å². The van der Waals surface area contributed by atoms with E-state index >= 15 is 0 Å². The first-order valence-corrected chi connectivity index (χ1v) is 8.12. The number of aromatic hydroxyl groups is 1. The number of halogens is 1. The van der Waals surface area contributed by atoms with E-state index in [1.165, 1.54) is 6.20 Å². The van der Waals surface area contributed by atoms with Crippen LogP contribution in [0.3, 0.4) is 0 Å². The predicted octanol–water partition coefficient (Wildman–Crippen LogP) is 2.71. The summed E-state index contributed by atoms with van der Waals surface area (Å²) in [5.41, 5.74) is 2.45. The van der Waals surface area contributed by atoms with Crippen LogP contribution in [0.25, 0.3) is 0 Å². The van der Waals surface area contributed by atoms with Crippen LogP contribution in [0.2, 0.25) is 5.02 Å². The number of benzene rings is 1. The molecule has 1 N–H and O–H groups in total. The molecule has 0 spiro atoms. The lowest BCUT2D eigenvalue weighted by Gasteiger charge is -2.24. The highest BCUT2D eigenvalue weighted by Crippen LogP contribution is 2.38. The second-order valence-electron chi connectivity index (χ2n) is 5.91. The Morgan fingerprint density at radius 3 is 2.80 bits per heavy atom. The minimum absolute atomic E-state index is 0.0882. The minimum Gasteiger partial charge on any atom is -0.466 e. The third kappa shape index (κ3) is 2.66. The zero-order chi connectivity index (χ0) is 17.6. The van der Waals surface area contributed by atoms with Gasteiger partial charge in [-0.3, -0.25) is 9.48 Å². The number of oxazole rings is 1. The van der Waals surface area contributed by atoms with Crippen LogP contribution in [0.5, 0.6) is 6.08 Å². The first kappa shape index (κ1) is 15.7. The highest BCUT2D eigenvalue weighted by Gasteiger charge is 2.37. The van der Waals surface area contributed by atoms with E-state index in [2.05, 4.69) is 10.1 Å². The summed E-state index contributed by atoms with van der Waals surface area (Å²) in [7, 11) is 1.82. The zero-order valence-corrected chi connectivity index (χ0v) is 14.1. The van der Waals surface area contributed by atoms with Crippen LogP contribution < -0.4 is 0 Å². The number of rotatable bonds is 4. The molecule has 128 valence electrons. The number of amides is 1. The molecule has 8 heteroatoms. The summed E-state index contributed by atoms with van der Waals surface area (Å²) in [5, 5.41) is 14.0. The molecule has 0 bridgehead atoms. The summed E-state index contributed by atoms with van der Waals surface area (Å²) in [6.07, 6.45) is 3.13. The van der Waals surface area contributed by atoms with Crippen LogP contribution >= 0.6 is 11.6 Å². The lowest BCUT2D eigenvalue weighted by molar-refractivity contribution is 0.0690. The Bertz CT molecular complexity index is 930. The van der Waals surface area contributed by atoms with Crippen LogP contribution in [0.1, 0.15) is 33.4 Å². The number of aromatic nitrogens is 3. The summed E-state index contributed by atoms with van der Waals surface area (Å²) in [4.78, 5) is 18.2. The average Bonchev–Trinajstić information content (AvgIpc) is 3.23. The largest absolute Gasteiger partial charge is 0.466 e. The topological polar surface area (TPSA) is 84.4 Å². The fraction of sp³-hybridized carbons (Fsp3) is 0.235. The van der Waals surface area contributed by atoms with Gasteiger partial charge in [-0.25, -0.2) is 0 Å². The van der Waals surface area contributed by atoms with Gasteiger partial charge in [0.25, 0.3) is 5.91 Å². The van der Waals surface area contributed by atoms with E-state index in [0.29, 0.717) is 22.8 Å². The molecule has 7 nitrogen and oxygen atoms in total. The Balaban J connectivity index is 1.72. The number of fused-ring (bicyclic) bond motifs is 1. The first-order valence-electron chi connectivity index (χ1n) is 7.74. The van der Waals surface area contributed by atoms with Crippen LogP contribution in [-0.4, -0.2) is 30.7 Å². The van der Waals surface area contributed by atoms with Crippen molar-refractivity contribution < 1.29 is 14.3 Å². The highest BCUT2D eigenvalue weighted by molar-refractivity contribution is 6.31. The smallest absolute Gasteiger partial charge is 0.391 e. The molecule has 0 fully saturated rings. The monoisotopic (exact) mass is 358 g/mol. The summed E-state index contributed by atoms with van der Waals surface area (Å²) in [6, 6.07) is 7.30. The summed E-state index contributed by atoms with van der Waals surface area (Å²) in [5.74, 6) is 0.328. The van der Waals surface area contributed by atoms with Crippen LogP contribution in [0, 0.1) is 0 Å². The van der Waals surface area contributed by atoms with Crippen molar-refractivity contribution in [2.45, 2.75) is 19.0 Å². The third-order valence-electron chi connectivity index (χ3n) is 4.45. The van der Waals surface area contributed by atoms with E-state index in [1.807, 2.05) is 31.3 Å². The maximum absolute atomic E-state index is 12.9. The average molecular weight is 359 g/mol.